The highest BCUT2D eigenvalue weighted by Crippen LogP contribution is 1.85. The molecule has 0 aromatic rings. The molecule has 0 unspecified atom stereocenters. The third kappa shape index (κ3) is 8.83. The maximum Gasteiger partial charge on any atom is 0.306 e. The largest absolute Gasteiger partial charge is 0.466 e. The molecule has 0 saturated heterocycles. The van der Waals surface area contributed by atoms with Gasteiger partial charge in [0.15, 0.2) is 0 Å². The Morgan fingerprint density at radius 1 is 1.50 bits per heavy atom. The van der Waals surface area contributed by atoms with Gasteiger partial charge in [0.25, 0.3) is 0 Å². The summed E-state index contributed by atoms with van der Waals surface area (Å²) in [6.07, 6.45) is 0.480. The Kier molecular flexibility index (Phi) is 5.90. The van der Waals surface area contributed by atoms with Crippen molar-refractivity contribution in [1.82, 2.24) is 0 Å². The lowest BCUT2D eigenvalue weighted by Crippen LogP contribution is -2.09. The van der Waals surface area contributed by atoms with Crippen LogP contribution in [0.25, 0.3) is 0 Å². The highest BCUT2D eigenvalue weighted by Gasteiger charge is 1.96. The SMILES string of the molecule is CC(=O)OCCCOC[N+](=O)[O-]. The summed E-state index contributed by atoms with van der Waals surface area (Å²) < 4.78 is 9.15. The standard InChI is InChI=1S/C6H11NO5/c1-6(8)12-4-2-3-11-5-7(9)10/h2-5H2,1H3. The van der Waals surface area contributed by atoms with Crippen LogP contribution in [0.15, 0.2) is 0 Å². The second-order valence-corrected chi connectivity index (χ2v) is 2.06. The van der Waals surface area contributed by atoms with Gasteiger partial charge in [0.05, 0.1) is 13.2 Å². The molecule has 0 radical (unpaired) electrons. The fourth-order valence-corrected chi connectivity index (χ4v) is 0.516. The Balaban J connectivity index is 3.01. The summed E-state index contributed by atoms with van der Waals surface area (Å²) in [5.74, 6) is -0.357. The van der Waals surface area contributed by atoms with Gasteiger partial charge in [0.2, 0.25) is 0 Å². The Morgan fingerprint density at radius 2 is 2.17 bits per heavy atom. The molecule has 0 aromatic carbocycles. The van der Waals surface area contributed by atoms with Crippen molar-refractivity contribution in [2.45, 2.75) is 13.3 Å². The van der Waals surface area contributed by atoms with E-state index in [1.165, 1.54) is 6.92 Å². The molecule has 0 aliphatic rings. The minimum Gasteiger partial charge on any atom is -0.466 e. The van der Waals surface area contributed by atoms with E-state index in [-0.39, 0.29) is 19.2 Å². The minimum absolute atomic E-state index is 0.230. The Morgan fingerprint density at radius 3 is 2.67 bits per heavy atom. The van der Waals surface area contributed by atoms with Gasteiger partial charge in [-0.2, -0.15) is 0 Å². The van der Waals surface area contributed by atoms with Gasteiger partial charge in [-0.3, -0.25) is 14.9 Å². The average Bonchev–Trinajstić information content (AvgIpc) is 1.95. The van der Waals surface area contributed by atoms with E-state index < -0.39 is 11.7 Å². The Labute approximate surface area is 69.6 Å². The Bertz CT molecular complexity index is 140. The first-order chi connectivity index (χ1) is 5.63. The summed E-state index contributed by atoms with van der Waals surface area (Å²) in [5.41, 5.74) is 0. The van der Waals surface area contributed by atoms with E-state index in [1.54, 1.807) is 0 Å². The smallest absolute Gasteiger partial charge is 0.306 e. The molecule has 0 bridgehead atoms. The maximum atomic E-state index is 10.2. The lowest BCUT2D eigenvalue weighted by molar-refractivity contribution is -0.526. The highest BCUT2D eigenvalue weighted by molar-refractivity contribution is 5.65. The van der Waals surface area contributed by atoms with E-state index in [0.717, 1.165) is 0 Å². The lowest BCUT2D eigenvalue weighted by atomic mass is 10.5. The number of hydrogen-bond donors (Lipinski definition) is 0. The number of rotatable bonds is 6. The van der Waals surface area contributed by atoms with Gasteiger partial charge in [-0.25, -0.2) is 0 Å². The van der Waals surface area contributed by atoms with E-state index in [2.05, 4.69) is 9.47 Å². The zero-order valence-electron chi connectivity index (χ0n) is 6.82. The van der Waals surface area contributed by atoms with Crippen LogP contribution in [0, 0.1) is 10.1 Å². The summed E-state index contributed by atoms with van der Waals surface area (Å²) in [4.78, 5) is 19.4. The van der Waals surface area contributed by atoms with Crippen molar-refractivity contribution in [2.75, 3.05) is 19.9 Å². The average molecular weight is 177 g/mol. The van der Waals surface area contributed by atoms with E-state index >= 15 is 0 Å². The molecule has 0 N–H and O–H groups in total. The molecule has 6 nitrogen and oxygen atoms in total. The second-order valence-electron chi connectivity index (χ2n) is 2.06. The van der Waals surface area contributed by atoms with Gasteiger partial charge in [0, 0.05) is 18.3 Å². The van der Waals surface area contributed by atoms with Crippen LogP contribution in [0.2, 0.25) is 0 Å². The van der Waals surface area contributed by atoms with Crippen molar-refractivity contribution < 1.29 is 19.2 Å². The van der Waals surface area contributed by atoms with Crippen LogP contribution in [0.5, 0.6) is 0 Å². The quantitative estimate of drug-likeness (QED) is 0.190. The summed E-state index contributed by atoms with van der Waals surface area (Å²) in [6, 6.07) is 0. The van der Waals surface area contributed by atoms with Crippen LogP contribution in [0.1, 0.15) is 13.3 Å². The van der Waals surface area contributed by atoms with E-state index in [0.29, 0.717) is 6.42 Å². The first-order valence-corrected chi connectivity index (χ1v) is 3.46. The van der Waals surface area contributed by atoms with Crippen LogP contribution in [-0.2, 0) is 14.3 Å². The fraction of sp³-hybridized carbons (Fsp3) is 0.833. The number of nitrogens with zero attached hydrogens (tertiary/aromatic N) is 1. The molecule has 0 aromatic heterocycles. The van der Waals surface area contributed by atoms with E-state index in [4.69, 9.17) is 0 Å². The third-order valence-electron chi connectivity index (χ3n) is 0.935. The summed E-state index contributed by atoms with van der Waals surface area (Å²) in [6.45, 7) is 1.28. The molecule has 0 aliphatic heterocycles. The van der Waals surface area contributed by atoms with Crippen LogP contribution in [0.4, 0.5) is 0 Å². The molecule has 0 heterocycles. The number of carbonyl (C=O) groups excluding carboxylic acids is 1. The van der Waals surface area contributed by atoms with Crippen LogP contribution in [-0.4, -0.2) is 30.8 Å². The van der Waals surface area contributed by atoms with Crippen molar-refractivity contribution in [3.8, 4) is 0 Å². The van der Waals surface area contributed by atoms with Gasteiger partial charge in [-0.15, -0.1) is 0 Å². The highest BCUT2D eigenvalue weighted by atomic mass is 16.7. The van der Waals surface area contributed by atoms with E-state index in [9.17, 15) is 14.9 Å². The topological polar surface area (TPSA) is 78.7 Å². The van der Waals surface area contributed by atoms with Gasteiger partial charge in [0.1, 0.15) is 0 Å². The molecule has 0 saturated carbocycles. The number of nitro groups is 1. The normalized spacial score (nSPS) is 9.42. The summed E-state index contributed by atoms with van der Waals surface area (Å²) in [7, 11) is 0. The first-order valence-electron chi connectivity index (χ1n) is 3.46. The summed E-state index contributed by atoms with van der Waals surface area (Å²) in [5, 5.41) is 9.74. The van der Waals surface area contributed by atoms with Crippen molar-refractivity contribution in [3.05, 3.63) is 10.1 Å². The molecule has 0 atom stereocenters. The molecule has 0 aliphatic carbocycles. The van der Waals surface area contributed by atoms with Crippen LogP contribution in [0.3, 0.4) is 0 Å². The van der Waals surface area contributed by atoms with Crippen molar-refractivity contribution in [2.24, 2.45) is 0 Å². The second kappa shape index (κ2) is 6.53. The molecule has 6 heteroatoms. The molecule has 70 valence electrons. The molecule has 0 amide bonds. The molecule has 0 spiro atoms. The number of ether oxygens (including phenoxy) is 2. The minimum atomic E-state index is -0.564. The number of esters is 1. The maximum absolute atomic E-state index is 10.2. The Hall–Kier alpha value is -1.17. The zero-order chi connectivity index (χ0) is 9.40. The van der Waals surface area contributed by atoms with E-state index in [1.807, 2.05) is 0 Å². The zero-order valence-corrected chi connectivity index (χ0v) is 6.82. The fourth-order valence-electron chi connectivity index (χ4n) is 0.516. The molecule has 12 heavy (non-hydrogen) atoms. The van der Waals surface area contributed by atoms with Crippen molar-refractivity contribution >= 4 is 5.97 Å². The van der Waals surface area contributed by atoms with Gasteiger partial charge >= 0.3 is 12.7 Å². The predicted molar refractivity (Wildman–Crippen MR) is 39.1 cm³/mol. The van der Waals surface area contributed by atoms with Gasteiger partial charge < -0.3 is 9.47 Å². The molecule has 0 rings (SSSR count). The monoisotopic (exact) mass is 177 g/mol. The van der Waals surface area contributed by atoms with Crippen molar-refractivity contribution in [1.29, 1.82) is 0 Å². The lowest BCUT2D eigenvalue weighted by Gasteiger charge is -2.00. The van der Waals surface area contributed by atoms with Gasteiger partial charge in [-0.05, 0) is 0 Å². The molecular formula is C6H11NO5. The number of carbonyl (C=O) groups is 1. The first kappa shape index (κ1) is 10.8. The van der Waals surface area contributed by atoms with Crippen LogP contribution >= 0.6 is 0 Å². The third-order valence-corrected chi connectivity index (χ3v) is 0.935. The van der Waals surface area contributed by atoms with Gasteiger partial charge in [-0.1, -0.05) is 0 Å². The number of hydrogen-bond acceptors (Lipinski definition) is 5. The summed E-state index contributed by atoms with van der Waals surface area (Å²) >= 11 is 0. The van der Waals surface area contributed by atoms with Crippen LogP contribution < -0.4 is 0 Å². The molecular weight excluding hydrogens is 166 g/mol. The predicted octanol–water partition coefficient (Wildman–Crippen LogP) is 0.190. The molecule has 0 fully saturated rings. The van der Waals surface area contributed by atoms with Crippen molar-refractivity contribution in [3.63, 3.8) is 0 Å².